The molecule has 5 rings (SSSR count). The summed E-state index contributed by atoms with van der Waals surface area (Å²) in [6.45, 7) is 8.34. The number of likely N-dealkylation sites (N-methyl/N-ethyl adjacent to an activating group) is 1. The van der Waals surface area contributed by atoms with E-state index in [0.717, 1.165) is 0 Å². The van der Waals surface area contributed by atoms with E-state index < -0.39 is 23.5 Å². The highest BCUT2D eigenvalue weighted by Crippen LogP contribution is 2.45. The van der Waals surface area contributed by atoms with E-state index in [4.69, 9.17) is 30.5 Å². The van der Waals surface area contributed by atoms with Gasteiger partial charge in [0.2, 0.25) is 24.5 Å². The smallest absolute Gasteiger partial charge is 0.247 e. The molecular formula is C33H43Cl2N7O7. The molecule has 1 aromatic heterocycles. The second-order valence-electron chi connectivity index (χ2n) is 12.7. The highest BCUT2D eigenvalue weighted by Gasteiger charge is 2.42. The summed E-state index contributed by atoms with van der Waals surface area (Å²) < 4.78 is 22.3. The number of ether oxygens (including phenoxy) is 4. The number of methoxy groups -OCH3 is 1. The van der Waals surface area contributed by atoms with Gasteiger partial charge in [-0.1, -0.05) is 32.4 Å². The molecule has 49 heavy (non-hydrogen) atoms. The number of carbonyl (C=O) groups excluding carboxylic acids is 3. The van der Waals surface area contributed by atoms with Crippen LogP contribution in [-0.4, -0.2) is 91.4 Å². The van der Waals surface area contributed by atoms with Crippen LogP contribution in [0.25, 0.3) is 10.9 Å². The van der Waals surface area contributed by atoms with Crippen molar-refractivity contribution in [2.45, 2.75) is 58.7 Å². The molecule has 3 aromatic rings. The molecule has 14 nitrogen and oxygen atoms in total. The largest absolute Gasteiger partial charge is 0.489 e. The van der Waals surface area contributed by atoms with E-state index in [1.54, 1.807) is 50.2 Å². The fourth-order valence-electron chi connectivity index (χ4n) is 5.55. The molecule has 3 heterocycles. The van der Waals surface area contributed by atoms with Crippen LogP contribution in [0.5, 0.6) is 17.2 Å². The number of likely N-dealkylation sites (tertiary alicyclic amines) is 1. The van der Waals surface area contributed by atoms with Gasteiger partial charge in [-0.15, -0.1) is 12.4 Å². The summed E-state index contributed by atoms with van der Waals surface area (Å²) in [5.41, 5.74) is 0.763. The lowest BCUT2D eigenvalue weighted by atomic mass is 9.85. The van der Waals surface area contributed by atoms with Crippen LogP contribution in [0.3, 0.4) is 0 Å². The molecule has 0 radical (unpaired) electrons. The molecule has 0 spiro atoms. The topological polar surface area (TPSA) is 165 Å². The molecule has 16 heteroatoms. The summed E-state index contributed by atoms with van der Waals surface area (Å²) in [5.74, 6) is 0.769. The van der Waals surface area contributed by atoms with Crippen LogP contribution >= 0.6 is 24.0 Å². The Morgan fingerprint density at radius 2 is 1.92 bits per heavy atom. The Bertz CT molecular complexity index is 1690. The Labute approximate surface area is 296 Å². The number of aromatic nitrogens is 2. The zero-order valence-corrected chi connectivity index (χ0v) is 29.9. The van der Waals surface area contributed by atoms with Gasteiger partial charge in [0.05, 0.1) is 28.9 Å². The van der Waals surface area contributed by atoms with E-state index in [1.807, 2.05) is 20.8 Å². The summed E-state index contributed by atoms with van der Waals surface area (Å²) in [7, 11) is 3.24. The van der Waals surface area contributed by atoms with Gasteiger partial charge in [0.1, 0.15) is 42.3 Å². The van der Waals surface area contributed by atoms with Gasteiger partial charge < -0.3 is 45.1 Å². The molecule has 3 amide bonds. The first-order valence-electron chi connectivity index (χ1n) is 15.8. The van der Waals surface area contributed by atoms with Gasteiger partial charge in [0, 0.05) is 25.1 Å². The number of hydrogen-bond acceptors (Lipinski definition) is 11. The van der Waals surface area contributed by atoms with Gasteiger partial charge in [0.25, 0.3) is 0 Å². The van der Waals surface area contributed by atoms with Crippen molar-refractivity contribution in [3.8, 4) is 17.2 Å². The first-order valence-corrected chi connectivity index (χ1v) is 16.1. The number of benzene rings is 2. The SMILES string of the molecule is CN[C@@H](C)C(=O)N[C@H](C(=O)N1CCCC1C(=O)Nc1cc2c(Nc3c(Cl)ccc4c3OCO4)ncnc2cc1OCCOC)C(C)(C)C.Cl. The van der Waals surface area contributed by atoms with Gasteiger partial charge in [-0.3, -0.25) is 14.4 Å². The minimum Gasteiger partial charge on any atom is -0.489 e. The maximum Gasteiger partial charge on any atom is 0.247 e. The van der Waals surface area contributed by atoms with Crippen molar-refractivity contribution >= 4 is 69.8 Å². The third kappa shape index (κ3) is 8.38. The molecule has 4 N–H and O–H groups in total. The highest BCUT2D eigenvalue weighted by molar-refractivity contribution is 6.34. The standard InChI is InChI=1S/C33H42ClN7O7.ClH/c1-18(35-5)30(42)40-28(33(2,3)4)32(44)41-11-7-8-23(41)31(43)38-22-14-19-21(15-25(22)46-13-12-45-6)36-16-37-29(19)39-26-20(34)9-10-24-27(26)48-17-47-24;/h9-10,14-16,18,23,28,35H,7-8,11-13,17H2,1-6H3,(H,38,43)(H,40,42)(H,36,37,39);1H/t18-,23?,28+;/m0./s1. The number of halogens is 2. The fraction of sp³-hybridized carbons (Fsp3) is 0.485. The van der Waals surface area contributed by atoms with Crippen LogP contribution in [0.4, 0.5) is 17.2 Å². The fourth-order valence-corrected chi connectivity index (χ4v) is 5.75. The van der Waals surface area contributed by atoms with Crippen molar-refractivity contribution in [1.29, 1.82) is 0 Å². The normalized spacial score (nSPS) is 16.5. The molecule has 0 aliphatic carbocycles. The van der Waals surface area contributed by atoms with Crippen molar-refractivity contribution in [1.82, 2.24) is 25.5 Å². The summed E-state index contributed by atoms with van der Waals surface area (Å²) in [4.78, 5) is 51.2. The number of nitrogens with zero attached hydrogens (tertiary/aromatic N) is 3. The molecule has 266 valence electrons. The lowest BCUT2D eigenvalue weighted by Gasteiger charge is -2.36. The maximum atomic E-state index is 14.0. The van der Waals surface area contributed by atoms with Crippen LogP contribution in [0.15, 0.2) is 30.6 Å². The van der Waals surface area contributed by atoms with Crippen LogP contribution in [-0.2, 0) is 19.1 Å². The Morgan fingerprint density at radius 3 is 2.63 bits per heavy atom. The number of fused-ring (bicyclic) bond motifs is 2. The van der Waals surface area contributed by atoms with Crippen molar-refractivity contribution in [3.63, 3.8) is 0 Å². The number of carbonyl (C=O) groups is 3. The molecule has 1 fully saturated rings. The number of anilines is 3. The zero-order valence-electron chi connectivity index (χ0n) is 28.3. The first-order chi connectivity index (χ1) is 22.9. The van der Waals surface area contributed by atoms with E-state index in [1.165, 1.54) is 6.33 Å². The number of hydrogen-bond donors (Lipinski definition) is 4. The summed E-state index contributed by atoms with van der Waals surface area (Å²) in [5, 5.41) is 13.0. The van der Waals surface area contributed by atoms with Crippen molar-refractivity contribution < 1.29 is 33.3 Å². The molecule has 1 saturated heterocycles. The minimum atomic E-state index is -0.839. The van der Waals surface area contributed by atoms with E-state index >= 15 is 0 Å². The van der Waals surface area contributed by atoms with E-state index in [9.17, 15) is 14.4 Å². The Morgan fingerprint density at radius 1 is 1.14 bits per heavy atom. The van der Waals surface area contributed by atoms with Gasteiger partial charge in [0.15, 0.2) is 11.5 Å². The van der Waals surface area contributed by atoms with E-state index in [0.29, 0.717) is 76.4 Å². The molecule has 0 saturated carbocycles. The van der Waals surface area contributed by atoms with E-state index in [-0.39, 0.29) is 43.5 Å². The quantitative estimate of drug-likeness (QED) is 0.198. The van der Waals surface area contributed by atoms with Crippen molar-refractivity contribution in [2.75, 3.05) is 51.3 Å². The molecular weight excluding hydrogens is 677 g/mol. The molecule has 2 aromatic carbocycles. The van der Waals surface area contributed by atoms with Crippen molar-refractivity contribution in [3.05, 3.63) is 35.6 Å². The third-order valence-electron chi connectivity index (χ3n) is 8.34. The van der Waals surface area contributed by atoms with Gasteiger partial charge in [-0.25, -0.2) is 9.97 Å². The second-order valence-corrected chi connectivity index (χ2v) is 13.1. The average molecular weight is 721 g/mol. The predicted octanol–water partition coefficient (Wildman–Crippen LogP) is 4.27. The summed E-state index contributed by atoms with van der Waals surface area (Å²) in [6, 6.07) is 4.74. The van der Waals surface area contributed by atoms with Crippen LogP contribution in [0.2, 0.25) is 5.02 Å². The van der Waals surface area contributed by atoms with Crippen LogP contribution in [0.1, 0.15) is 40.5 Å². The number of nitrogens with one attached hydrogen (secondary N) is 4. The summed E-state index contributed by atoms with van der Waals surface area (Å²) in [6.07, 6.45) is 2.49. The number of amides is 3. The first kappa shape index (κ1) is 37.7. The second kappa shape index (κ2) is 16.1. The Kier molecular flexibility index (Phi) is 12.4. The average Bonchev–Trinajstić information content (AvgIpc) is 3.75. The van der Waals surface area contributed by atoms with Gasteiger partial charge >= 0.3 is 0 Å². The highest BCUT2D eigenvalue weighted by atomic mass is 35.5. The molecule has 2 aliphatic rings. The Hall–Kier alpha value is -4.11. The molecule has 2 aliphatic heterocycles. The van der Waals surface area contributed by atoms with Gasteiger partial charge in [-0.2, -0.15) is 0 Å². The molecule has 0 bridgehead atoms. The minimum absolute atomic E-state index is 0. The lowest BCUT2D eigenvalue weighted by molar-refractivity contribution is -0.143. The third-order valence-corrected chi connectivity index (χ3v) is 8.65. The molecule has 3 atom stereocenters. The monoisotopic (exact) mass is 719 g/mol. The number of rotatable bonds is 12. The van der Waals surface area contributed by atoms with Crippen molar-refractivity contribution in [2.24, 2.45) is 5.41 Å². The van der Waals surface area contributed by atoms with Crippen LogP contribution in [0, 0.1) is 5.41 Å². The predicted molar refractivity (Wildman–Crippen MR) is 188 cm³/mol. The van der Waals surface area contributed by atoms with Gasteiger partial charge in [-0.05, 0) is 50.4 Å². The van der Waals surface area contributed by atoms with E-state index in [2.05, 4.69) is 31.2 Å². The zero-order chi connectivity index (χ0) is 34.6. The molecule has 1 unspecified atom stereocenters. The lowest BCUT2D eigenvalue weighted by Crippen LogP contribution is -2.59. The maximum absolute atomic E-state index is 14.0. The Balaban J connectivity index is 0.00000541. The summed E-state index contributed by atoms with van der Waals surface area (Å²) >= 11 is 6.53. The van der Waals surface area contributed by atoms with Crippen LogP contribution < -0.4 is 35.5 Å².